The number of halogens is 7. The van der Waals surface area contributed by atoms with Crippen molar-refractivity contribution >= 4 is 0 Å². The van der Waals surface area contributed by atoms with Gasteiger partial charge in [-0.05, 0) is 0 Å². The first-order valence-corrected chi connectivity index (χ1v) is 3.32. The minimum absolute atomic E-state index is 1.62. The SMILES string of the molecule is COC.FCOC(C(F)(F)F)C(F)(F)F. The molecule has 0 aromatic heterocycles. The van der Waals surface area contributed by atoms with E-state index in [1.165, 1.54) is 0 Å². The summed E-state index contributed by atoms with van der Waals surface area (Å²) in [7, 11) is 3.25. The molecule has 0 atom stereocenters. The van der Waals surface area contributed by atoms with Crippen molar-refractivity contribution < 1.29 is 40.2 Å². The molecule has 0 unspecified atom stereocenters. The highest BCUT2D eigenvalue weighted by Crippen LogP contribution is 2.35. The highest BCUT2D eigenvalue weighted by atomic mass is 19.4. The number of alkyl halides is 7. The molecule has 0 radical (unpaired) electrons. The number of hydrogen-bond acceptors (Lipinski definition) is 2. The summed E-state index contributed by atoms with van der Waals surface area (Å²) in [6, 6.07) is 0. The third-order valence-corrected chi connectivity index (χ3v) is 0.824. The molecule has 0 aromatic carbocycles. The van der Waals surface area contributed by atoms with Crippen LogP contribution in [-0.2, 0) is 9.47 Å². The Labute approximate surface area is 81.0 Å². The van der Waals surface area contributed by atoms with Gasteiger partial charge in [-0.3, -0.25) is 0 Å². The molecule has 94 valence electrons. The Hall–Kier alpha value is -0.570. The van der Waals surface area contributed by atoms with Gasteiger partial charge in [0.05, 0.1) is 0 Å². The van der Waals surface area contributed by atoms with Crippen LogP contribution in [0.2, 0.25) is 0 Å². The molecule has 0 rings (SSSR count). The van der Waals surface area contributed by atoms with Gasteiger partial charge in [0, 0.05) is 14.2 Å². The third-order valence-electron chi connectivity index (χ3n) is 0.824. The fraction of sp³-hybridized carbons (Fsp3) is 1.00. The summed E-state index contributed by atoms with van der Waals surface area (Å²) in [5, 5.41) is 0. The van der Waals surface area contributed by atoms with Crippen molar-refractivity contribution in [3.05, 3.63) is 0 Å². The van der Waals surface area contributed by atoms with E-state index in [1.54, 1.807) is 14.2 Å². The molecule has 15 heavy (non-hydrogen) atoms. The maximum atomic E-state index is 11.4. The summed E-state index contributed by atoms with van der Waals surface area (Å²) in [6.07, 6.45) is -15.3. The molecule has 0 aliphatic rings. The Morgan fingerprint density at radius 2 is 1.20 bits per heavy atom. The van der Waals surface area contributed by atoms with E-state index in [2.05, 4.69) is 9.47 Å². The standard InChI is InChI=1S/C4H3F7O.C2H6O/c5-1-12-2(3(6,7)8)4(9,10)11;1-3-2/h2H,1H2;1-2H3. The van der Waals surface area contributed by atoms with Crippen molar-refractivity contribution in [2.24, 2.45) is 0 Å². The van der Waals surface area contributed by atoms with E-state index >= 15 is 0 Å². The molecular weight excluding hydrogens is 237 g/mol. The van der Waals surface area contributed by atoms with Gasteiger partial charge < -0.3 is 9.47 Å². The largest absolute Gasteiger partial charge is 0.423 e. The zero-order valence-corrected chi connectivity index (χ0v) is 7.75. The Balaban J connectivity index is 0. The molecule has 0 amide bonds. The van der Waals surface area contributed by atoms with Gasteiger partial charge in [-0.25, -0.2) is 4.39 Å². The van der Waals surface area contributed by atoms with Crippen LogP contribution in [-0.4, -0.2) is 39.5 Å². The maximum Gasteiger partial charge on any atom is 0.423 e. The maximum absolute atomic E-state index is 11.4. The second-order valence-electron chi connectivity index (χ2n) is 2.15. The average molecular weight is 246 g/mol. The van der Waals surface area contributed by atoms with Gasteiger partial charge in [-0.1, -0.05) is 0 Å². The predicted octanol–water partition coefficient (Wildman–Crippen LogP) is 2.69. The van der Waals surface area contributed by atoms with Crippen molar-refractivity contribution in [1.29, 1.82) is 0 Å². The summed E-state index contributed by atoms with van der Waals surface area (Å²) >= 11 is 0. The average Bonchev–Trinajstić information content (AvgIpc) is 1.97. The van der Waals surface area contributed by atoms with E-state index in [0.29, 0.717) is 0 Å². The zero-order valence-electron chi connectivity index (χ0n) is 7.75. The van der Waals surface area contributed by atoms with Crippen molar-refractivity contribution in [3.8, 4) is 0 Å². The first-order chi connectivity index (χ1) is 6.61. The van der Waals surface area contributed by atoms with Crippen LogP contribution in [0.15, 0.2) is 0 Å². The lowest BCUT2D eigenvalue weighted by atomic mass is 10.3. The van der Waals surface area contributed by atoms with Crippen molar-refractivity contribution in [1.82, 2.24) is 0 Å². The Bertz CT molecular complexity index is 139. The molecule has 0 aliphatic heterocycles. The minimum Gasteiger partial charge on any atom is -0.388 e. The van der Waals surface area contributed by atoms with Gasteiger partial charge in [0.1, 0.15) is 0 Å². The van der Waals surface area contributed by atoms with Crippen LogP contribution in [0.5, 0.6) is 0 Å². The Morgan fingerprint density at radius 3 is 1.27 bits per heavy atom. The van der Waals surface area contributed by atoms with E-state index in [9.17, 15) is 30.7 Å². The molecular formula is C6H9F7O2. The van der Waals surface area contributed by atoms with Crippen LogP contribution in [0.25, 0.3) is 0 Å². The van der Waals surface area contributed by atoms with Crippen LogP contribution in [0.3, 0.4) is 0 Å². The summed E-state index contributed by atoms with van der Waals surface area (Å²) in [5.74, 6) is 0. The second-order valence-corrected chi connectivity index (χ2v) is 2.15. The molecule has 0 aromatic rings. The van der Waals surface area contributed by atoms with E-state index in [-0.39, 0.29) is 0 Å². The van der Waals surface area contributed by atoms with Crippen LogP contribution < -0.4 is 0 Å². The van der Waals surface area contributed by atoms with Crippen LogP contribution >= 0.6 is 0 Å². The minimum atomic E-state index is -5.63. The molecule has 2 nitrogen and oxygen atoms in total. The van der Waals surface area contributed by atoms with Crippen LogP contribution in [0, 0.1) is 0 Å². The highest BCUT2D eigenvalue weighted by Gasteiger charge is 2.58. The lowest BCUT2D eigenvalue weighted by Gasteiger charge is -2.21. The summed E-state index contributed by atoms with van der Waals surface area (Å²) in [4.78, 5) is 0. The highest BCUT2D eigenvalue weighted by molar-refractivity contribution is 4.75. The van der Waals surface area contributed by atoms with Gasteiger partial charge in [-0.15, -0.1) is 0 Å². The van der Waals surface area contributed by atoms with Crippen LogP contribution in [0.1, 0.15) is 0 Å². The molecule has 9 heteroatoms. The fourth-order valence-corrected chi connectivity index (χ4v) is 0.438. The lowest BCUT2D eigenvalue weighted by molar-refractivity contribution is -0.327. The van der Waals surface area contributed by atoms with Crippen molar-refractivity contribution in [2.45, 2.75) is 18.5 Å². The smallest absolute Gasteiger partial charge is 0.388 e. The van der Waals surface area contributed by atoms with Gasteiger partial charge in [-0.2, -0.15) is 26.3 Å². The molecule has 0 aliphatic carbocycles. The van der Waals surface area contributed by atoms with Crippen LogP contribution in [0.4, 0.5) is 30.7 Å². The molecule has 0 saturated carbocycles. The van der Waals surface area contributed by atoms with E-state index in [0.717, 1.165) is 0 Å². The monoisotopic (exact) mass is 246 g/mol. The molecule has 0 N–H and O–H groups in total. The molecule has 0 saturated heterocycles. The van der Waals surface area contributed by atoms with E-state index < -0.39 is 25.3 Å². The fourth-order valence-electron chi connectivity index (χ4n) is 0.438. The zero-order chi connectivity index (χ0) is 12.7. The summed E-state index contributed by atoms with van der Waals surface area (Å²) < 4.78 is 86.5. The second kappa shape index (κ2) is 6.83. The predicted molar refractivity (Wildman–Crippen MR) is 35.9 cm³/mol. The molecule has 0 fully saturated rings. The van der Waals surface area contributed by atoms with Gasteiger partial charge >= 0.3 is 12.4 Å². The van der Waals surface area contributed by atoms with Gasteiger partial charge in [0.25, 0.3) is 6.10 Å². The van der Waals surface area contributed by atoms with E-state index in [1.807, 2.05) is 0 Å². The molecule has 0 heterocycles. The summed E-state index contributed by atoms with van der Waals surface area (Å²) in [6.45, 7) is -2.14. The normalized spacial score (nSPS) is 12.4. The summed E-state index contributed by atoms with van der Waals surface area (Å²) in [5.41, 5.74) is 0. The van der Waals surface area contributed by atoms with Gasteiger partial charge in [0.2, 0.25) is 0 Å². The Morgan fingerprint density at radius 1 is 0.933 bits per heavy atom. The molecule has 0 bridgehead atoms. The Kier molecular flexibility index (Phi) is 7.67. The number of hydrogen-bond donors (Lipinski definition) is 0. The molecule has 0 spiro atoms. The number of ether oxygens (including phenoxy) is 2. The van der Waals surface area contributed by atoms with E-state index in [4.69, 9.17) is 0 Å². The van der Waals surface area contributed by atoms with Crippen molar-refractivity contribution in [2.75, 3.05) is 21.1 Å². The van der Waals surface area contributed by atoms with Crippen molar-refractivity contribution in [3.63, 3.8) is 0 Å². The first-order valence-electron chi connectivity index (χ1n) is 3.32. The number of rotatable bonds is 2. The lowest BCUT2D eigenvalue weighted by Crippen LogP contribution is -2.44. The van der Waals surface area contributed by atoms with Gasteiger partial charge in [0.15, 0.2) is 6.86 Å². The third kappa shape index (κ3) is 8.43. The number of methoxy groups -OCH3 is 1. The topological polar surface area (TPSA) is 18.5 Å². The quantitative estimate of drug-likeness (QED) is 0.697. The first kappa shape index (κ1) is 16.8.